The lowest BCUT2D eigenvalue weighted by Gasteiger charge is -2.09. The van der Waals surface area contributed by atoms with Crippen molar-refractivity contribution < 1.29 is 17.9 Å². The van der Waals surface area contributed by atoms with Crippen molar-refractivity contribution in [2.75, 3.05) is 0 Å². The van der Waals surface area contributed by atoms with Gasteiger partial charge in [0.1, 0.15) is 0 Å². The summed E-state index contributed by atoms with van der Waals surface area (Å²) in [5.74, 6) is -0.543. The van der Waals surface area contributed by atoms with Crippen LogP contribution < -0.4 is 4.74 Å². The van der Waals surface area contributed by atoms with Gasteiger partial charge in [0, 0.05) is 6.07 Å². The molecule has 3 nitrogen and oxygen atoms in total. The number of hydrogen-bond donors (Lipinski definition) is 0. The van der Waals surface area contributed by atoms with Gasteiger partial charge in [-0.3, -0.25) is 0 Å². The third kappa shape index (κ3) is 3.46. The fraction of sp³-hybridized carbons (Fsp3) is 0.333. The maximum Gasteiger partial charge on any atom is 0.574 e. The largest absolute Gasteiger partial charge is 0.574 e. The van der Waals surface area contributed by atoms with Crippen LogP contribution in [0.3, 0.4) is 0 Å². The Bertz CT molecular complexity index is 395. The summed E-state index contributed by atoms with van der Waals surface area (Å²) in [5, 5.41) is 8.41. The molecule has 80 valence electrons. The molecular formula is C9H7F3N2O. The van der Waals surface area contributed by atoms with Crippen LogP contribution >= 0.6 is 0 Å². The third-order valence-electron chi connectivity index (χ3n) is 1.64. The SMILES string of the molecule is Cc1ccc(OC(F)(F)F)nc1CC#N. The molecule has 0 atom stereocenters. The van der Waals surface area contributed by atoms with E-state index in [0.29, 0.717) is 11.3 Å². The van der Waals surface area contributed by atoms with Crippen LogP contribution in [0.15, 0.2) is 12.1 Å². The average molecular weight is 216 g/mol. The molecule has 1 aromatic rings. The Morgan fingerprint density at radius 1 is 1.47 bits per heavy atom. The van der Waals surface area contributed by atoms with E-state index in [1.54, 1.807) is 6.92 Å². The van der Waals surface area contributed by atoms with Crippen molar-refractivity contribution in [3.05, 3.63) is 23.4 Å². The second-order valence-corrected chi connectivity index (χ2v) is 2.80. The first-order valence-corrected chi connectivity index (χ1v) is 4.01. The van der Waals surface area contributed by atoms with E-state index in [9.17, 15) is 13.2 Å². The fourth-order valence-corrected chi connectivity index (χ4v) is 0.980. The highest BCUT2D eigenvalue weighted by Gasteiger charge is 2.31. The van der Waals surface area contributed by atoms with E-state index in [-0.39, 0.29) is 6.42 Å². The molecule has 6 heteroatoms. The number of aryl methyl sites for hydroxylation is 1. The van der Waals surface area contributed by atoms with Crippen molar-refractivity contribution >= 4 is 0 Å². The molecule has 0 spiro atoms. The van der Waals surface area contributed by atoms with Crippen LogP contribution in [0.2, 0.25) is 0 Å². The normalized spacial score (nSPS) is 10.9. The van der Waals surface area contributed by atoms with Gasteiger partial charge in [0.25, 0.3) is 0 Å². The number of pyridine rings is 1. The van der Waals surface area contributed by atoms with E-state index in [4.69, 9.17) is 5.26 Å². The highest BCUT2D eigenvalue weighted by Crippen LogP contribution is 2.21. The third-order valence-corrected chi connectivity index (χ3v) is 1.64. The summed E-state index contributed by atoms with van der Waals surface area (Å²) in [6, 6.07) is 4.36. The van der Waals surface area contributed by atoms with E-state index in [1.165, 1.54) is 6.07 Å². The van der Waals surface area contributed by atoms with Gasteiger partial charge >= 0.3 is 6.36 Å². The number of nitrogens with zero attached hydrogens (tertiary/aromatic N) is 2. The average Bonchev–Trinajstić information content (AvgIpc) is 2.09. The number of hydrogen-bond acceptors (Lipinski definition) is 3. The van der Waals surface area contributed by atoms with Crippen LogP contribution in [0, 0.1) is 18.3 Å². The maximum atomic E-state index is 11.8. The quantitative estimate of drug-likeness (QED) is 0.762. The highest BCUT2D eigenvalue weighted by atomic mass is 19.4. The Kier molecular flexibility index (Phi) is 3.14. The van der Waals surface area contributed by atoms with Crippen LogP contribution in [0.4, 0.5) is 13.2 Å². The summed E-state index contributed by atoms with van der Waals surface area (Å²) >= 11 is 0. The smallest absolute Gasteiger partial charge is 0.388 e. The van der Waals surface area contributed by atoms with E-state index in [1.807, 2.05) is 6.07 Å². The summed E-state index contributed by atoms with van der Waals surface area (Å²) in [6.45, 7) is 1.66. The molecular weight excluding hydrogens is 209 g/mol. The predicted molar refractivity (Wildman–Crippen MR) is 45.0 cm³/mol. The Balaban J connectivity index is 2.93. The van der Waals surface area contributed by atoms with Gasteiger partial charge in [-0.25, -0.2) is 4.98 Å². The topological polar surface area (TPSA) is 45.9 Å². The van der Waals surface area contributed by atoms with Crippen LogP contribution in [-0.2, 0) is 6.42 Å². The van der Waals surface area contributed by atoms with E-state index in [0.717, 1.165) is 6.07 Å². The van der Waals surface area contributed by atoms with E-state index in [2.05, 4.69) is 9.72 Å². The first-order valence-electron chi connectivity index (χ1n) is 4.01. The maximum absolute atomic E-state index is 11.8. The molecule has 15 heavy (non-hydrogen) atoms. The molecule has 0 saturated heterocycles. The molecule has 0 aliphatic heterocycles. The van der Waals surface area contributed by atoms with Crippen molar-refractivity contribution in [1.29, 1.82) is 5.26 Å². The Morgan fingerprint density at radius 3 is 2.67 bits per heavy atom. The van der Waals surface area contributed by atoms with Crippen LogP contribution in [0.5, 0.6) is 5.88 Å². The summed E-state index contributed by atoms with van der Waals surface area (Å²) in [6.07, 6.45) is -4.80. The van der Waals surface area contributed by atoms with Gasteiger partial charge in [-0.1, -0.05) is 6.07 Å². The molecule has 0 amide bonds. The van der Waals surface area contributed by atoms with Crippen molar-refractivity contribution in [3.8, 4) is 11.9 Å². The van der Waals surface area contributed by atoms with Gasteiger partial charge in [-0.05, 0) is 12.5 Å². The standard InChI is InChI=1S/C9H7F3N2O/c1-6-2-3-8(15-9(10,11)12)14-7(6)4-5-13/h2-3H,4H2,1H3. The number of aromatic nitrogens is 1. The summed E-state index contributed by atoms with van der Waals surface area (Å²) in [5.41, 5.74) is 0.949. The van der Waals surface area contributed by atoms with Crippen molar-refractivity contribution in [3.63, 3.8) is 0 Å². The number of ether oxygens (including phenoxy) is 1. The zero-order chi connectivity index (χ0) is 11.5. The molecule has 0 unspecified atom stereocenters. The molecule has 0 saturated carbocycles. The molecule has 1 heterocycles. The van der Waals surface area contributed by atoms with Gasteiger partial charge in [0.15, 0.2) is 0 Å². The molecule has 0 fully saturated rings. The molecule has 0 aliphatic carbocycles. The second kappa shape index (κ2) is 4.17. The number of rotatable bonds is 2. The van der Waals surface area contributed by atoms with E-state index < -0.39 is 12.2 Å². The lowest BCUT2D eigenvalue weighted by Crippen LogP contribution is -2.18. The Hall–Kier alpha value is -1.77. The van der Waals surface area contributed by atoms with Gasteiger partial charge in [-0.15, -0.1) is 13.2 Å². The van der Waals surface area contributed by atoms with Crippen molar-refractivity contribution in [2.45, 2.75) is 19.7 Å². The molecule has 0 bridgehead atoms. The molecule has 0 radical (unpaired) electrons. The monoisotopic (exact) mass is 216 g/mol. The zero-order valence-electron chi connectivity index (χ0n) is 7.80. The molecule has 1 rings (SSSR count). The summed E-state index contributed by atoms with van der Waals surface area (Å²) in [7, 11) is 0. The van der Waals surface area contributed by atoms with Crippen molar-refractivity contribution in [1.82, 2.24) is 4.98 Å². The van der Waals surface area contributed by atoms with Gasteiger partial charge in [0.2, 0.25) is 5.88 Å². The number of alkyl halides is 3. The zero-order valence-corrected chi connectivity index (χ0v) is 7.80. The van der Waals surface area contributed by atoms with Crippen LogP contribution in [0.1, 0.15) is 11.3 Å². The molecule has 0 aliphatic rings. The number of halogens is 3. The minimum absolute atomic E-state index is 0.0408. The minimum Gasteiger partial charge on any atom is -0.388 e. The summed E-state index contributed by atoms with van der Waals surface area (Å²) < 4.78 is 39.1. The van der Waals surface area contributed by atoms with Crippen LogP contribution in [0.25, 0.3) is 0 Å². The van der Waals surface area contributed by atoms with Gasteiger partial charge in [0.05, 0.1) is 18.2 Å². The number of nitriles is 1. The molecule has 0 aromatic carbocycles. The first kappa shape index (κ1) is 11.3. The Labute approximate surface area is 84.1 Å². The van der Waals surface area contributed by atoms with Crippen LogP contribution in [-0.4, -0.2) is 11.3 Å². The summed E-state index contributed by atoms with van der Waals surface area (Å²) in [4.78, 5) is 3.58. The lowest BCUT2D eigenvalue weighted by atomic mass is 10.2. The van der Waals surface area contributed by atoms with E-state index >= 15 is 0 Å². The molecule has 0 N–H and O–H groups in total. The highest BCUT2D eigenvalue weighted by molar-refractivity contribution is 5.26. The predicted octanol–water partition coefficient (Wildman–Crippen LogP) is 2.35. The lowest BCUT2D eigenvalue weighted by molar-refractivity contribution is -0.276. The fourth-order valence-electron chi connectivity index (χ4n) is 0.980. The molecule has 1 aromatic heterocycles. The minimum atomic E-state index is -4.76. The first-order chi connectivity index (χ1) is 6.92. The van der Waals surface area contributed by atoms with Crippen molar-refractivity contribution in [2.24, 2.45) is 0 Å². The second-order valence-electron chi connectivity index (χ2n) is 2.80. The van der Waals surface area contributed by atoms with Gasteiger partial charge < -0.3 is 4.74 Å². The van der Waals surface area contributed by atoms with Gasteiger partial charge in [-0.2, -0.15) is 5.26 Å². The Morgan fingerprint density at radius 2 is 2.13 bits per heavy atom.